The Kier molecular flexibility index (Phi) is 5.82. The Hall–Kier alpha value is -4.40. The van der Waals surface area contributed by atoms with E-state index in [9.17, 15) is 8.42 Å². The summed E-state index contributed by atoms with van der Waals surface area (Å²) in [5, 5.41) is 14.8. The molecule has 0 amide bonds. The van der Waals surface area contributed by atoms with E-state index in [1.807, 2.05) is 42.5 Å². The fraction of sp³-hybridized carbons (Fsp3) is 0. The van der Waals surface area contributed by atoms with Crippen molar-refractivity contribution in [1.82, 2.24) is 4.98 Å². The molecule has 0 saturated carbocycles. The minimum atomic E-state index is -3.98. The van der Waals surface area contributed by atoms with E-state index < -0.39 is 10.0 Å². The average molecular weight is 480 g/mol. The van der Waals surface area contributed by atoms with E-state index in [2.05, 4.69) is 33.4 Å². The van der Waals surface area contributed by atoms with Crippen LogP contribution in [0.5, 0.6) is 0 Å². The molecule has 5 rings (SSSR count). The van der Waals surface area contributed by atoms with Crippen molar-refractivity contribution in [2.45, 2.75) is 4.90 Å². The number of nitrogens with two attached hydrogens (primary N) is 2. The molecule has 0 aliphatic heterocycles. The zero-order chi connectivity index (χ0) is 24.4. The molecule has 0 saturated heterocycles. The molecule has 35 heavy (non-hydrogen) atoms. The van der Waals surface area contributed by atoms with E-state index in [4.69, 9.17) is 10.9 Å². The lowest BCUT2D eigenvalue weighted by atomic mass is 9.97. The van der Waals surface area contributed by atoms with Crippen LogP contribution in [0, 0.1) is 0 Å². The number of nitrogen functional groups attached to an aromatic ring is 1. The van der Waals surface area contributed by atoms with Crippen LogP contribution in [0.4, 0.5) is 17.1 Å². The van der Waals surface area contributed by atoms with Crippen molar-refractivity contribution >= 4 is 37.9 Å². The summed E-state index contributed by atoms with van der Waals surface area (Å²) in [5.41, 5.74) is 11.3. The molecular formula is C27H21N5O2S. The maximum Gasteiger partial charge on any atom is 0.238 e. The summed E-state index contributed by atoms with van der Waals surface area (Å²) in [4.78, 5) is 4.52. The standard InChI is InChI=1S/C27H21N5O2S/c28-27-23-13-7-6-12-22(23)26(35(29,33)34)16-25(27)32-31-19-14-15-24(30-17-19)21-11-5-4-10-20(21)18-8-2-1-3-9-18/h1-17H,28H2,(H2,29,33,34)/b32-31+. The SMILES string of the molecule is Nc1c(/N=N/c2ccc(-c3ccccc3-c3ccccc3)nc2)cc(S(N)(=O)=O)c2ccccc12. The van der Waals surface area contributed by atoms with Gasteiger partial charge in [-0.3, -0.25) is 4.98 Å². The highest BCUT2D eigenvalue weighted by Gasteiger charge is 2.17. The first-order chi connectivity index (χ1) is 16.9. The lowest BCUT2D eigenvalue weighted by Gasteiger charge is -2.10. The molecule has 7 nitrogen and oxygen atoms in total. The maximum atomic E-state index is 12.1. The Balaban J connectivity index is 1.50. The Morgan fingerprint density at radius 3 is 2.06 bits per heavy atom. The van der Waals surface area contributed by atoms with Crippen molar-refractivity contribution in [3.8, 4) is 22.4 Å². The van der Waals surface area contributed by atoms with Crippen LogP contribution in [-0.2, 0) is 10.0 Å². The maximum absolute atomic E-state index is 12.1. The molecule has 0 aliphatic carbocycles. The van der Waals surface area contributed by atoms with Crippen LogP contribution in [0.25, 0.3) is 33.2 Å². The lowest BCUT2D eigenvalue weighted by molar-refractivity contribution is 0.598. The minimum Gasteiger partial charge on any atom is -0.396 e. The van der Waals surface area contributed by atoms with Gasteiger partial charge in [-0.2, -0.15) is 0 Å². The molecule has 1 aromatic heterocycles. The molecule has 1 heterocycles. The van der Waals surface area contributed by atoms with Gasteiger partial charge in [0, 0.05) is 16.3 Å². The van der Waals surface area contributed by atoms with Gasteiger partial charge in [-0.15, -0.1) is 10.2 Å². The Morgan fingerprint density at radius 1 is 0.714 bits per heavy atom. The van der Waals surface area contributed by atoms with Crippen LogP contribution >= 0.6 is 0 Å². The normalized spacial score (nSPS) is 11.8. The summed E-state index contributed by atoms with van der Waals surface area (Å²) in [6, 6.07) is 30.0. The molecule has 0 bridgehead atoms. The van der Waals surface area contributed by atoms with E-state index in [0.717, 1.165) is 22.4 Å². The van der Waals surface area contributed by atoms with E-state index in [0.29, 0.717) is 22.1 Å². The summed E-state index contributed by atoms with van der Waals surface area (Å²) in [7, 11) is -3.98. The van der Waals surface area contributed by atoms with Crippen molar-refractivity contribution in [3.63, 3.8) is 0 Å². The number of aromatic nitrogens is 1. The summed E-state index contributed by atoms with van der Waals surface area (Å²) < 4.78 is 24.3. The number of azo groups is 1. The molecule has 0 fully saturated rings. The Bertz CT molecular complexity index is 1670. The number of sulfonamides is 1. The summed E-state index contributed by atoms with van der Waals surface area (Å²) in [6.45, 7) is 0. The van der Waals surface area contributed by atoms with Crippen LogP contribution in [0.15, 0.2) is 118 Å². The third-order valence-electron chi connectivity index (χ3n) is 5.64. The number of benzene rings is 4. The van der Waals surface area contributed by atoms with Gasteiger partial charge < -0.3 is 5.73 Å². The molecule has 0 unspecified atom stereocenters. The number of hydrogen-bond acceptors (Lipinski definition) is 6. The van der Waals surface area contributed by atoms with Crippen molar-refractivity contribution in [2.75, 3.05) is 5.73 Å². The van der Waals surface area contributed by atoms with E-state index in [-0.39, 0.29) is 10.6 Å². The molecule has 0 spiro atoms. The smallest absolute Gasteiger partial charge is 0.238 e. The van der Waals surface area contributed by atoms with Crippen LogP contribution in [0.3, 0.4) is 0 Å². The van der Waals surface area contributed by atoms with Gasteiger partial charge in [-0.25, -0.2) is 13.6 Å². The number of hydrogen-bond donors (Lipinski definition) is 2. The Morgan fingerprint density at radius 2 is 1.37 bits per heavy atom. The van der Waals surface area contributed by atoms with Gasteiger partial charge in [-0.1, -0.05) is 78.9 Å². The van der Waals surface area contributed by atoms with E-state index in [1.165, 1.54) is 6.07 Å². The second kappa shape index (κ2) is 9.09. The van der Waals surface area contributed by atoms with E-state index >= 15 is 0 Å². The van der Waals surface area contributed by atoms with Gasteiger partial charge in [0.1, 0.15) is 11.4 Å². The van der Waals surface area contributed by atoms with Crippen molar-refractivity contribution in [1.29, 1.82) is 0 Å². The first-order valence-corrected chi connectivity index (χ1v) is 12.3. The number of primary sulfonamides is 1. The second-order valence-corrected chi connectivity index (χ2v) is 9.44. The fourth-order valence-corrected chi connectivity index (χ4v) is 4.72. The van der Waals surface area contributed by atoms with E-state index in [1.54, 1.807) is 36.5 Å². The fourth-order valence-electron chi connectivity index (χ4n) is 3.96. The molecule has 0 atom stereocenters. The molecule has 172 valence electrons. The van der Waals surface area contributed by atoms with Crippen LogP contribution < -0.4 is 10.9 Å². The predicted octanol–water partition coefficient (Wildman–Crippen LogP) is 6.21. The highest BCUT2D eigenvalue weighted by atomic mass is 32.2. The third kappa shape index (κ3) is 4.52. The summed E-state index contributed by atoms with van der Waals surface area (Å²) >= 11 is 0. The number of fused-ring (bicyclic) bond motifs is 1. The van der Waals surface area contributed by atoms with Crippen LogP contribution in [-0.4, -0.2) is 13.4 Å². The first-order valence-electron chi connectivity index (χ1n) is 10.8. The number of anilines is 1. The highest BCUT2D eigenvalue weighted by molar-refractivity contribution is 7.89. The highest BCUT2D eigenvalue weighted by Crippen LogP contribution is 2.37. The molecule has 4 N–H and O–H groups in total. The first kappa shape index (κ1) is 22.4. The topological polar surface area (TPSA) is 124 Å². The van der Waals surface area contributed by atoms with Gasteiger partial charge >= 0.3 is 0 Å². The minimum absolute atomic E-state index is 0.0535. The van der Waals surface area contributed by atoms with Crippen molar-refractivity contribution in [2.24, 2.45) is 15.4 Å². The van der Waals surface area contributed by atoms with Crippen LogP contribution in [0.2, 0.25) is 0 Å². The van der Waals surface area contributed by atoms with Gasteiger partial charge in [0.2, 0.25) is 10.0 Å². The summed E-state index contributed by atoms with van der Waals surface area (Å²) in [6.07, 6.45) is 1.61. The summed E-state index contributed by atoms with van der Waals surface area (Å²) in [5.74, 6) is 0. The zero-order valence-electron chi connectivity index (χ0n) is 18.5. The molecular weight excluding hydrogens is 458 g/mol. The zero-order valence-corrected chi connectivity index (χ0v) is 19.4. The molecule has 8 heteroatoms. The predicted molar refractivity (Wildman–Crippen MR) is 139 cm³/mol. The molecule has 4 aromatic carbocycles. The monoisotopic (exact) mass is 479 g/mol. The lowest BCUT2D eigenvalue weighted by Crippen LogP contribution is -2.13. The van der Waals surface area contributed by atoms with Crippen molar-refractivity contribution in [3.05, 3.63) is 103 Å². The van der Waals surface area contributed by atoms with Gasteiger partial charge in [0.05, 0.1) is 22.5 Å². The quantitative estimate of drug-likeness (QED) is 0.229. The second-order valence-electron chi connectivity index (χ2n) is 7.91. The van der Waals surface area contributed by atoms with Gasteiger partial charge in [0.15, 0.2) is 0 Å². The van der Waals surface area contributed by atoms with Crippen molar-refractivity contribution < 1.29 is 8.42 Å². The number of nitrogens with zero attached hydrogens (tertiary/aromatic N) is 3. The number of rotatable bonds is 5. The molecule has 0 radical (unpaired) electrons. The molecule has 5 aromatic rings. The third-order valence-corrected chi connectivity index (χ3v) is 6.59. The van der Waals surface area contributed by atoms with Gasteiger partial charge in [-0.05, 0) is 29.3 Å². The largest absolute Gasteiger partial charge is 0.396 e. The number of pyridine rings is 1. The Labute approximate surface area is 202 Å². The average Bonchev–Trinajstić information content (AvgIpc) is 2.88. The van der Waals surface area contributed by atoms with Crippen LogP contribution in [0.1, 0.15) is 0 Å². The van der Waals surface area contributed by atoms with Gasteiger partial charge in [0.25, 0.3) is 0 Å². The molecule has 0 aliphatic rings.